The third kappa shape index (κ3) is 3.05. The molecule has 0 fully saturated rings. The van der Waals surface area contributed by atoms with Crippen LogP contribution in [0.1, 0.15) is 25.2 Å². The average Bonchev–Trinajstić information content (AvgIpc) is 2.66. The molecule has 0 aliphatic heterocycles. The Morgan fingerprint density at radius 3 is 2.61 bits per heavy atom. The van der Waals surface area contributed by atoms with Crippen molar-refractivity contribution in [2.24, 2.45) is 0 Å². The largest absolute Gasteiger partial charge is 0.389 e. The number of aromatic nitrogens is 2. The van der Waals surface area contributed by atoms with Gasteiger partial charge in [0, 0.05) is 7.11 Å². The molecule has 7 nitrogen and oxygen atoms in total. The molecular formula is C11H19N3O4. The predicted molar refractivity (Wildman–Crippen MR) is 65.5 cm³/mol. The van der Waals surface area contributed by atoms with Gasteiger partial charge in [-0.05, 0) is 12.8 Å². The molecule has 1 N–H and O–H groups in total. The van der Waals surface area contributed by atoms with E-state index in [9.17, 15) is 15.2 Å². The van der Waals surface area contributed by atoms with Crippen LogP contribution in [0, 0.1) is 10.1 Å². The number of nitrogens with zero attached hydrogens (tertiary/aromatic N) is 3. The lowest BCUT2D eigenvalue weighted by Gasteiger charge is -2.10. The van der Waals surface area contributed by atoms with Crippen LogP contribution in [0.3, 0.4) is 0 Å². The number of rotatable bonds is 7. The van der Waals surface area contributed by atoms with Gasteiger partial charge in [-0.1, -0.05) is 13.8 Å². The van der Waals surface area contributed by atoms with E-state index in [0.717, 1.165) is 0 Å². The molecule has 0 saturated heterocycles. The van der Waals surface area contributed by atoms with Crippen molar-refractivity contribution in [3.63, 3.8) is 0 Å². The Hall–Kier alpha value is -1.47. The van der Waals surface area contributed by atoms with E-state index in [2.05, 4.69) is 5.10 Å². The van der Waals surface area contributed by atoms with Crippen molar-refractivity contribution in [3.05, 3.63) is 21.5 Å². The minimum atomic E-state index is -0.718. The van der Waals surface area contributed by atoms with Gasteiger partial charge in [-0.25, -0.2) is 0 Å². The average molecular weight is 257 g/mol. The van der Waals surface area contributed by atoms with Gasteiger partial charge in [0.2, 0.25) is 0 Å². The monoisotopic (exact) mass is 257 g/mol. The maximum absolute atomic E-state index is 11.1. The first-order chi connectivity index (χ1) is 8.54. The highest BCUT2D eigenvalue weighted by Crippen LogP contribution is 2.24. The number of aliphatic hydroxyl groups excluding tert-OH is 1. The van der Waals surface area contributed by atoms with Gasteiger partial charge in [-0.3, -0.25) is 14.8 Å². The van der Waals surface area contributed by atoms with E-state index in [1.54, 1.807) is 0 Å². The number of methoxy groups -OCH3 is 1. The second-order valence-corrected chi connectivity index (χ2v) is 4.00. The standard InChI is InChI=1S/C11H19N3O4/c1-4-9-11(14(16)17)10(5-2)13(12-9)6-8(15)7-18-3/h8,15H,4-7H2,1-3H3. The van der Waals surface area contributed by atoms with E-state index < -0.39 is 11.0 Å². The molecule has 18 heavy (non-hydrogen) atoms. The lowest BCUT2D eigenvalue weighted by molar-refractivity contribution is -0.386. The second kappa shape index (κ2) is 6.46. The Balaban J connectivity index is 3.08. The minimum absolute atomic E-state index is 0.0737. The molecule has 0 aromatic carbocycles. The molecule has 7 heteroatoms. The van der Waals surface area contributed by atoms with Gasteiger partial charge in [0.15, 0.2) is 0 Å². The zero-order chi connectivity index (χ0) is 13.7. The molecule has 0 radical (unpaired) electrons. The quantitative estimate of drug-likeness (QED) is 0.579. The molecule has 0 bridgehead atoms. The molecule has 102 valence electrons. The van der Waals surface area contributed by atoms with Crippen molar-refractivity contribution in [1.82, 2.24) is 9.78 Å². The van der Waals surface area contributed by atoms with E-state index in [1.807, 2.05) is 13.8 Å². The summed E-state index contributed by atoms with van der Waals surface area (Å²) in [5.74, 6) is 0. The third-order valence-electron chi connectivity index (χ3n) is 2.69. The van der Waals surface area contributed by atoms with Gasteiger partial charge in [0.25, 0.3) is 0 Å². The molecule has 0 aliphatic carbocycles. The molecule has 1 aromatic heterocycles. The third-order valence-corrected chi connectivity index (χ3v) is 2.69. The summed E-state index contributed by atoms with van der Waals surface area (Å²) in [6.45, 7) is 4.05. The van der Waals surface area contributed by atoms with Crippen LogP contribution in [-0.4, -0.2) is 39.6 Å². The van der Waals surface area contributed by atoms with Crippen LogP contribution in [0.5, 0.6) is 0 Å². The highest BCUT2D eigenvalue weighted by molar-refractivity contribution is 5.41. The summed E-state index contributed by atoms with van der Waals surface area (Å²) in [7, 11) is 1.49. The molecule has 0 aliphatic rings. The minimum Gasteiger partial charge on any atom is -0.389 e. The van der Waals surface area contributed by atoms with E-state index in [4.69, 9.17) is 4.74 Å². The summed E-state index contributed by atoms with van der Waals surface area (Å²) in [6.07, 6.45) is 0.282. The summed E-state index contributed by atoms with van der Waals surface area (Å²) < 4.78 is 6.35. The molecule has 1 unspecified atom stereocenters. The van der Waals surface area contributed by atoms with Crippen LogP contribution < -0.4 is 0 Å². The van der Waals surface area contributed by atoms with Crippen molar-refractivity contribution < 1.29 is 14.8 Å². The molecule has 1 atom stereocenters. The van der Waals surface area contributed by atoms with Crippen molar-refractivity contribution in [3.8, 4) is 0 Å². The van der Waals surface area contributed by atoms with Crippen molar-refractivity contribution in [2.45, 2.75) is 39.3 Å². The Kier molecular flexibility index (Phi) is 5.24. The normalized spacial score (nSPS) is 12.7. The molecule has 1 heterocycles. The fraction of sp³-hybridized carbons (Fsp3) is 0.727. The maximum Gasteiger partial charge on any atom is 0.313 e. The molecule has 1 rings (SSSR count). The number of hydrogen-bond donors (Lipinski definition) is 1. The Labute approximate surface area is 106 Å². The van der Waals surface area contributed by atoms with Crippen molar-refractivity contribution in [1.29, 1.82) is 0 Å². The highest BCUT2D eigenvalue weighted by Gasteiger charge is 2.26. The predicted octanol–water partition coefficient (Wildman–Crippen LogP) is 0.923. The van der Waals surface area contributed by atoms with Crippen LogP contribution >= 0.6 is 0 Å². The van der Waals surface area contributed by atoms with Crippen molar-refractivity contribution in [2.75, 3.05) is 13.7 Å². The Morgan fingerprint density at radius 2 is 2.17 bits per heavy atom. The smallest absolute Gasteiger partial charge is 0.313 e. The van der Waals surface area contributed by atoms with Gasteiger partial charge in [-0.15, -0.1) is 0 Å². The van der Waals surface area contributed by atoms with E-state index in [-0.39, 0.29) is 18.8 Å². The topological polar surface area (TPSA) is 90.4 Å². The van der Waals surface area contributed by atoms with Crippen LogP contribution in [0.2, 0.25) is 0 Å². The lowest BCUT2D eigenvalue weighted by atomic mass is 10.2. The Morgan fingerprint density at radius 1 is 1.50 bits per heavy atom. The van der Waals surface area contributed by atoms with Crippen LogP contribution in [0.15, 0.2) is 0 Å². The first-order valence-corrected chi connectivity index (χ1v) is 5.95. The van der Waals surface area contributed by atoms with Crippen LogP contribution in [0.25, 0.3) is 0 Å². The second-order valence-electron chi connectivity index (χ2n) is 4.00. The van der Waals surface area contributed by atoms with Gasteiger partial charge in [-0.2, -0.15) is 5.10 Å². The zero-order valence-electron chi connectivity index (χ0n) is 10.9. The van der Waals surface area contributed by atoms with E-state index in [1.165, 1.54) is 11.8 Å². The number of aliphatic hydroxyl groups is 1. The highest BCUT2D eigenvalue weighted by atomic mass is 16.6. The van der Waals surface area contributed by atoms with Gasteiger partial charge >= 0.3 is 5.69 Å². The fourth-order valence-corrected chi connectivity index (χ4v) is 1.94. The number of hydrogen-bond acceptors (Lipinski definition) is 5. The SMILES string of the molecule is CCc1nn(CC(O)COC)c(CC)c1[N+](=O)[O-]. The molecule has 0 spiro atoms. The lowest BCUT2D eigenvalue weighted by Crippen LogP contribution is -2.23. The summed E-state index contributed by atoms with van der Waals surface area (Å²) in [4.78, 5) is 10.7. The zero-order valence-corrected chi connectivity index (χ0v) is 10.9. The number of ether oxygens (including phenoxy) is 1. The molecule has 0 amide bonds. The van der Waals surface area contributed by atoms with E-state index >= 15 is 0 Å². The first kappa shape index (κ1) is 14.6. The van der Waals surface area contributed by atoms with Gasteiger partial charge in [0.1, 0.15) is 11.4 Å². The first-order valence-electron chi connectivity index (χ1n) is 5.95. The van der Waals surface area contributed by atoms with Crippen LogP contribution in [0.4, 0.5) is 5.69 Å². The Bertz CT molecular complexity index is 417. The maximum atomic E-state index is 11.1. The summed E-state index contributed by atoms with van der Waals surface area (Å²) in [6, 6.07) is 0. The number of nitro groups is 1. The fourth-order valence-electron chi connectivity index (χ4n) is 1.94. The molecule has 0 saturated carbocycles. The summed E-state index contributed by atoms with van der Waals surface area (Å²) >= 11 is 0. The van der Waals surface area contributed by atoms with Crippen LogP contribution in [-0.2, 0) is 24.1 Å². The van der Waals surface area contributed by atoms with Gasteiger partial charge < -0.3 is 9.84 Å². The van der Waals surface area contributed by atoms with Gasteiger partial charge in [0.05, 0.1) is 24.2 Å². The molecular weight excluding hydrogens is 238 g/mol. The van der Waals surface area contributed by atoms with E-state index in [0.29, 0.717) is 24.2 Å². The van der Waals surface area contributed by atoms with Crippen molar-refractivity contribution >= 4 is 5.69 Å². The summed E-state index contributed by atoms with van der Waals surface area (Å²) in [5, 5.41) is 24.9. The molecule has 1 aromatic rings. The number of aryl methyl sites for hydroxylation is 1. The summed E-state index contributed by atoms with van der Waals surface area (Å²) in [5.41, 5.74) is 1.08.